The molecule has 2 aromatic rings. The van der Waals surface area contributed by atoms with Crippen molar-refractivity contribution in [1.82, 2.24) is 0 Å². The maximum Gasteiger partial charge on any atom is 0.341 e. The highest BCUT2D eigenvalue weighted by Gasteiger charge is 2.26. The zero-order valence-corrected chi connectivity index (χ0v) is 14.9. The van der Waals surface area contributed by atoms with Gasteiger partial charge in [-0.15, -0.1) is 0 Å². The van der Waals surface area contributed by atoms with Gasteiger partial charge in [0.15, 0.2) is 0 Å². The summed E-state index contributed by atoms with van der Waals surface area (Å²) in [6.07, 6.45) is 0. The number of anilines is 2. The number of sulfone groups is 1. The van der Waals surface area contributed by atoms with Gasteiger partial charge in [-0.05, 0) is 42.5 Å². The van der Waals surface area contributed by atoms with Crippen molar-refractivity contribution in [3.8, 4) is 0 Å². The molecular formula is C16H15ClF2N2O3S. The molecule has 0 aliphatic carbocycles. The summed E-state index contributed by atoms with van der Waals surface area (Å²) in [5.41, 5.74) is 1.30. The Kier molecular flexibility index (Phi) is 5.64. The van der Waals surface area contributed by atoms with Gasteiger partial charge < -0.3 is 10.2 Å². The van der Waals surface area contributed by atoms with Crippen molar-refractivity contribution < 1.29 is 22.0 Å². The van der Waals surface area contributed by atoms with Crippen LogP contribution in [-0.4, -0.2) is 34.2 Å². The predicted octanol–water partition coefficient (Wildman–Crippen LogP) is 3.65. The zero-order chi connectivity index (χ0) is 18.8. The van der Waals surface area contributed by atoms with Gasteiger partial charge in [0.05, 0.1) is 16.3 Å². The van der Waals surface area contributed by atoms with Crippen molar-refractivity contribution >= 4 is 38.7 Å². The highest BCUT2D eigenvalue weighted by Crippen LogP contribution is 2.28. The second-order valence-electron chi connectivity index (χ2n) is 5.34. The average molecular weight is 389 g/mol. The van der Waals surface area contributed by atoms with Crippen LogP contribution in [0.4, 0.5) is 20.2 Å². The van der Waals surface area contributed by atoms with E-state index < -0.39 is 26.4 Å². The van der Waals surface area contributed by atoms with Crippen LogP contribution in [0.5, 0.6) is 0 Å². The van der Waals surface area contributed by atoms with Crippen molar-refractivity contribution in [2.24, 2.45) is 0 Å². The van der Waals surface area contributed by atoms with Crippen LogP contribution in [0.1, 0.15) is 10.4 Å². The number of hydrogen-bond acceptors (Lipinski definition) is 4. The molecule has 0 atom stereocenters. The molecule has 0 bridgehead atoms. The number of alkyl halides is 2. The van der Waals surface area contributed by atoms with Crippen LogP contribution in [0, 0.1) is 0 Å². The topological polar surface area (TPSA) is 66.5 Å². The molecule has 2 aromatic carbocycles. The third-order valence-electron chi connectivity index (χ3n) is 3.37. The third kappa shape index (κ3) is 4.26. The quantitative estimate of drug-likeness (QED) is 0.849. The number of hydrogen-bond donors (Lipinski definition) is 1. The molecule has 1 N–H and O–H groups in total. The van der Waals surface area contributed by atoms with E-state index in [1.165, 1.54) is 12.1 Å². The highest BCUT2D eigenvalue weighted by atomic mass is 35.5. The van der Waals surface area contributed by atoms with E-state index >= 15 is 0 Å². The maximum atomic E-state index is 12.5. The molecule has 0 aliphatic rings. The molecule has 134 valence electrons. The number of rotatable bonds is 5. The Morgan fingerprint density at radius 3 is 2.24 bits per heavy atom. The Labute approximate surface area is 149 Å². The van der Waals surface area contributed by atoms with Crippen LogP contribution in [0.3, 0.4) is 0 Å². The van der Waals surface area contributed by atoms with Gasteiger partial charge in [-0.2, -0.15) is 8.78 Å². The first kappa shape index (κ1) is 19.1. The van der Waals surface area contributed by atoms with E-state index in [-0.39, 0.29) is 5.56 Å². The number of amides is 1. The molecule has 0 heterocycles. The minimum Gasteiger partial charge on any atom is -0.376 e. The fraction of sp³-hybridized carbons (Fsp3) is 0.188. The first-order valence-corrected chi connectivity index (χ1v) is 8.95. The fourth-order valence-corrected chi connectivity index (χ4v) is 2.98. The average Bonchev–Trinajstić information content (AvgIpc) is 2.54. The Morgan fingerprint density at radius 1 is 1.12 bits per heavy atom. The maximum absolute atomic E-state index is 12.5. The molecule has 9 heteroatoms. The monoisotopic (exact) mass is 388 g/mol. The molecule has 1 amide bonds. The SMILES string of the molecule is CN(C)c1ccc(Cl)cc1NC(=O)c1ccc(S(=O)(=O)C(F)F)cc1. The predicted molar refractivity (Wildman–Crippen MR) is 93.4 cm³/mol. The Bertz CT molecular complexity index is 885. The van der Waals surface area contributed by atoms with Gasteiger partial charge in [-0.25, -0.2) is 8.42 Å². The first-order chi connectivity index (χ1) is 11.6. The molecule has 0 fully saturated rings. The van der Waals surface area contributed by atoms with E-state index in [9.17, 15) is 22.0 Å². The van der Waals surface area contributed by atoms with E-state index in [0.29, 0.717) is 10.7 Å². The van der Waals surface area contributed by atoms with Gasteiger partial charge in [0.1, 0.15) is 0 Å². The minimum absolute atomic E-state index is 0.123. The second kappa shape index (κ2) is 7.37. The molecule has 5 nitrogen and oxygen atoms in total. The molecule has 25 heavy (non-hydrogen) atoms. The number of nitrogens with one attached hydrogen (secondary N) is 1. The zero-order valence-electron chi connectivity index (χ0n) is 13.3. The van der Waals surface area contributed by atoms with E-state index in [4.69, 9.17) is 11.6 Å². The Hall–Kier alpha value is -2.19. The van der Waals surface area contributed by atoms with Crippen LogP contribution in [0.15, 0.2) is 47.4 Å². The van der Waals surface area contributed by atoms with Crippen LogP contribution >= 0.6 is 11.6 Å². The Balaban J connectivity index is 2.27. The van der Waals surface area contributed by atoms with E-state index in [2.05, 4.69) is 5.32 Å². The van der Waals surface area contributed by atoms with Crippen molar-refractivity contribution in [3.63, 3.8) is 0 Å². The van der Waals surface area contributed by atoms with Gasteiger partial charge in [0.25, 0.3) is 5.91 Å². The third-order valence-corrected chi connectivity index (χ3v) is 5.00. The molecule has 0 aliphatic heterocycles. The van der Waals surface area contributed by atoms with Crippen molar-refractivity contribution in [2.45, 2.75) is 10.7 Å². The van der Waals surface area contributed by atoms with Crippen LogP contribution in [0.25, 0.3) is 0 Å². The number of carbonyl (C=O) groups excluding carboxylic acids is 1. The summed E-state index contributed by atoms with van der Waals surface area (Å²) in [6.45, 7) is 0. The van der Waals surface area contributed by atoms with Gasteiger partial charge >= 0.3 is 5.76 Å². The van der Waals surface area contributed by atoms with Crippen molar-refractivity contribution in [2.75, 3.05) is 24.3 Å². The van der Waals surface area contributed by atoms with Crippen LogP contribution in [-0.2, 0) is 9.84 Å². The molecule has 2 rings (SSSR count). The minimum atomic E-state index is -4.69. The number of halogens is 3. The molecule has 0 saturated carbocycles. The molecule has 0 aromatic heterocycles. The molecule has 0 radical (unpaired) electrons. The summed E-state index contributed by atoms with van der Waals surface area (Å²) in [4.78, 5) is 13.6. The second-order valence-corrected chi connectivity index (χ2v) is 7.69. The van der Waals surface area contributed by atoms with Crippen molar-refractivity contribution in [3.05, 3.63) is 53.1 Å². The Morgan fingerprint density at radius 2 is 1.72 bits per heavy atom. The van der Waals surface area contributed by atoms with Gasteiger partial charge in [0, 0.05) is 24.7 Å². The lowest BCUT2D eigenvalue weighted by Gasteiger charge is -2.18. The van der Waals surface area contributed by atoms with E-state index in [0.717, 1.165) is 17.8 Å². The van der Waals surface area contributed by atoms with Crippen molar-refractivity contribution in [1.29, 1.82) is 0 Å². The molecule has 0 saturated heterocycles. The highest BCUT2D eigenvalue weighted by molar-refractivity contribution is 7.91. The summed E-state index contributed by atoms with van der Waals surface area (Å²) in [7, 11) is -1.10. The molecular weight excluding hydrogens is 374 g/mol. The molecule has 0 spiro atoms. The van der Waals surface area contributed by atoms with E-state index in [1.807, 2.05) is 0 Å². The van der Waals surface area contributed by atoms with E-state index in [1.54, 1.807) is 37.2 Å². The lowest BCUT2D eigenvalue weighted by atomic mass is 10.2. The summed E-state index contributed by atoms with van der Waals surface area (Å²) in [6, 6.07) is 9.27. The van der Waals surface area contributed by atoms with Gasteiger partial charge in [-0.1, -0.05) is 11.6 Å². The van der Waals surface area contributed by atoms with Gasteiger partial charge in [-0.3, -0.25) is 4.79 Å². The first-order valence-electron chi connectivity index (χ1n) is 7.03. The molecule has 0 unspecified atom stereocenters. The smallest absolute Gasteiger partial charge is 0.341 e. The standard InChI is InChI=1S/C16H15ClF2N2O3S/c1-21(2)14-8-5-11(17)9-13(14)20-15(22)10-3-6-12(7-4-10)25(23,24)16(18)19/h3-9,16H,1-2H3,(H,20,22). The van der Waals surface area contributed by atoms with Gasteiger partial charge in [0.2, 0.25) is 9.84 Å². The number of carbonyl (C=O) groups is 1. The summed E-state index contributed by atoms with van der Waals surface area (Å²) in [5, 5.41) is 3.10. The number of benzene rings is 2. The summed E-state index contributed by atoms with van der Waals surface area (Å²) < 4.78 is 47.8. The normalized spacial score (nSPS) is 11.4. The summed E-state index contributed by atoms with van der Waals surface area (Å²) >= 11 is 5.94. The number of nitrogens with zero attached hydrogens (tertiary/aromatic N) is 1. The van der Waals surface area contributed by atoms with Crippen LogP contribution in [0.2, 0.25) is 5.02 Å². The fourth-order valence-electron chi connectivity index (χ4n) is 2.09. The lowest BCUT2D eigenvalue weighted by Crippen LogP contribution is -2.17. The lowest BCUT2D eigenvalue weighted by molar-refractivity contribution is 0.102. The van der Waals surface area contributed by atoms with Crippen LogP contribution < -0.4 is 10.2 Å². The summed E-state index contributed by atoms with van der Waals surface area (Å²) in [5.74, 6) is -4.03. The largest absolute Gasteiger partial charge is 0.376 e.